The Morgan fingerprint density at radius 3 is 2.57 bits per heavy atom. The second-order valence-corrected chi connectivity index (χ2v) is 8.16. The molecule has 1 N–H and O–H groups in total. The number of nitrogens with one attached hydrogen (secondary N) is 1. The monoisotopic (exact) mass is 415 g/mol. The van der Waals surface area contributed by atoms with E-state index < -0.39 is 0 Å². The van der Waals surface area contributed by atoms with Crippen molar-refractivity contribution in [2.75, 3.05) is 4.90 Å². The van der Waals surface area contributed by atoms with Crippen molar-refractivity contribution in [3.8, 4) is 5.69 Å². The number of rotatable bonds is 2. The van der Waals surface area contributed by atoms with Gasteiger partial charge in [0.2, 0.25) is 5.95 Å². The SMILES string of the molecule is Cc1ccc(-n2c(C)nc3nc(N4c5ccccc5CC4C)[nH]c(=O)c3c2=S)cc1. The number of nitrogens with zero attached hydrogens (tertiary/aromatic N) is 4. The van der Waals surface area contributed by atoms with E-state index in [1.807, 2.05) is 54.8 Å². The molecule has 0 bridgehead atoms. The first-order valence-corrected chi connectivity index (χ1v) is 10.3. The Labute approximate surface area is 178 Å². The van der Waals surface area contributed by atoms with Gasteiger partial charge in [-0.3, -0.25) is 14.3 Å². The first kappa shape index (κ1) is 18.7. The zero-order chi connectivity index (χ0) is 21.0. The van der Waals surface area contributed by atoms with Gasteiger partial charge in [-0.25, -0.2) is 4.98 Å². The van der Waals surface area contributed by atoms with Crippen molar-refractivity contribution in [3.63, 3.8) is 0 Å². The highest BCUT2D eigenvalue weighted by atomic mass is 32.1. The zero-order valence-electron chi connectivity index (χ0n) is 17.0. The molecular formula is C23H21N5OS. The maximum absolute atomic E-state index is 13.1. The van der Waals surface area contributed by atoms with Gasteiger partial charge in [0, 0.05) is 17.4 Å². The van der Waals surface area contributed by atoms with Gasteiger partial charge < -0.3 is 4.90 Å². The number of hydrogen-bond donors (Lipinski definition) is 1. The van der Waals surface area contributed by atoms with Crippen LogP contribution in [0, 0.1) is 18.5 Å². The highest BCUT2D eigenvalue weighted by Gasteiger charge is 2.29. The molecule has 30 heavy (non-hydrogen) atoms. The number of anilines is 2. The molecule has 1 atom stereocenters. The maximum Gasteiger partial charge on any atom is 0.264 e. The van der Waals surface area contributed by atoms with Crippen LogP contribution in [0.2, 0.25) is 0 Å². The van der Waals surface area contributed by atoms with Gasteiger partial charge in [0.1, 0.15) is 15.9 Å². The van der Waals surface area contributed by atoms with Crippen molar-refractivity contribution in [2.24, 2.45) is 0 Å². The fourth-order valence-corrected chi connectivity index (χ4v) is 4.61. The third-order valence-electron chi connectivity index (χ3n) is 5.62. The quantitative estimate of drug-likeness (QED) is 0.487. The molecule has 0 spiro atoms. The number of aromatic amines is 1. The minimum atomic E-state index is -0.273. The molecule has 5 rings (SSSR count). The molecule has 2 aromatic carbocycles. The topological polar surface area (TPSA) is 66.8 Å². The summed E-state index contributed by atoms with van der Waals surface area (Å²) in [6.07, 6.45) is 0.902. The first-order chi connectivity index (χ1) is 14.4. The molecular weight excluding hydrogens is 394 g/mol. The van der Waals surface area contributed by atoms with Gasteiger partial charge in [0.05, 0.1) is 0 Å². The van der Waals surface area contributed by atoms with E-state index in [2.05, 4.69) is 33.9 Å². The molecule has 6 nitrogen and oxygen atoms in total. The summed E-state index contributed by atoms with van der Waals surface area (Å²) >= 11 is 5.70. The molecule has 1 aliphatic rings. The number of benzene rings is 2. The Morgan fingerprint density at radius 1 is 1.07 bits per heavy atom. The Balaban J connectivity index is 1.71. The molecule has 0 aliphatic carbocycles. The van der Waals surface area contributed by atoms with E-state index in [9.17, 15) is 4.79 Å². The number of aryl methyl sites for hydroxylation is 2. The lowest BCUT2D eigenvalue weighted by atomic mass is 10.1. The second-order valence-electron chi connectivity index (χ2n) is 7.78. The van der Waals surface area contributed by atoms with Crippen LogP contribution < -0.4 is 10.5 Å². The Hall–Kier alpha value is -3.32. The standard InChI is InChI=1S/C23H21N5OS/c1-13-8-10-17(11-9-13)28-15(3)24-20-19(22(28)30)21(29)26-23(25-20)27-14(2)12-16-6-4-5-7-18(16)27/h4-11,14H,12H2,1-3H3,(H,25,26,29). The minimum Gasteiger partial charge on any atom is -0.309 e. The van der Waals surface area contributed by atoms with E-state index in [0.717, 1.165) is 23.4 Å². The molecule has 150 valence electrons. The van der Waals surface area contributed by atoms with Crippen molar-refractivity contribution >= 4 is 34.9 Å². The van der Waals surface area contributed by atoms with Gasteiger partial charge >= 0.3 is 0 Å². The van der Waals surface area contributed by atoms with Gasteiger partial charge in [-0.15, -0.1) is 0 Å². The highest BCUT2D eigenvalue weighted by Crippen LogP contribution is 2.36. The fraction of sp³-hybridized carbons (Fsp3) is 0.217. The number of para-hydroxylation sites is 1. The van der Waals surface area contributed by atoms with Crippen LogP contribution in [0.4, 0.5) is 11.6 Å². The molecule has 7 heteroatoms. The van der Waals surface area contributed by atoms with Crippen LogP contribution in [-0.2, 0) is 6.42 Å². The van der Waals surface area contributed by atoms with Gasteiger partial charge in [0.15, 0.2) is 5.65 Å². The predicted molar refractivity (Wildman–Crippen MR) is 122 cm³/mol. The Morgan fingerprint density at radius 2 is 1.80 bits per heavy atom. The van der Waals surface area contributed by atoms with Crippen LogP contribution >= 0.6 is 12.2 Å². The normalized spacial score (nSPS) is 15.6. The number of aromatic nitrogens is 4. The van der Waals surface area contributed by atoms with E-state index in [1.54, 1.807) is 0 Å². The molecule has 4 aromatic rings. The van der Waals surface area contributed by atoms with Gasteiger partial charge in [-0.1, -0.05) is 48.1 Å². The lowest BCUT2D eigenvalue weighted by Gasteiger charge is -2.23. The fourth-order valence-electron chi connectivity index (χ4n) is 4.19. The summed E-state index contributed by atoms with van der Waals surface area (Å²) in [5.41, 5.74) is 4.43. The van der Waals surface area contributed by atoms with Gasteiger partial charge in [-0.05, 0) is 51.0 Å². The summed E-state index contributed by atoms with van der Waals surface area (Å²) in [5.74, 6) is 1.19. The molecule has 0 fully saturated rings. The van der Waals surface area contributed by atoms with Crippen LogP contribution in [0.1, 0.15) is 23.9 Å². The van der Waals surface area contributed by atoms with Crippen molar-refractivity contribution in [3.05, 3.63) is 80.5 Å². The largest absolute Gasteiger partial charge is 0.309 e. The van der Waals surface area contributed by atoms with E-state index >= 15 is 0 Å². The van der Waals surface area contributed by atoms with Crippen LogP contribution in [0.25, 0.3) is 16.7 Å². The number of H-pyrrole nitrogens is 1. The molecule has 0 saturated carbocycles. The summed E-state index contributed by atoms with van der Waals surface area (Å²) < 4.78 is 2.23. The summed E-state index contributed by atoms with van der Waals surface area (Å²) in [6.45, 7) is 6.03. The van der Waals surface area contributed by atoms with E-state index in [1.165, 1.54) is 5.56 Å². The van der Waals surface area contributed by atoms with Crippen LogP contribution in [0.3, 0.4) is 0 Å². The van der Waals surface area contributed by atoms with Crippen LogP contribution in [0.5, 0.6) is 0 Å². The Kier molecular flexibility index (Phi) is 4.29. The molecule has 0 amide bonds. The molecule has 0 saturated heterocycles. The molecule has 1 aliphatic heterocycles. The smallest absolute Gasteiger partial charge is 0.264 e. The lowest BCUT2D eigenvalue weighted by molar-refractivity contribution is 0.739. The summed E-state index contributed by atoms with van der Waals surface area (Å²) in [7, 11) is 0. The van der Waals surface area contributed by atoms with Crippen molar-refractivity contribution in [1.29, 1.82) is 0 Å². The van der Waals surface area contributed by atoms with Gasteiger partial charge in [0.25, 0.3) is 5.56 Å². The zero-order valence-corrected chi connectivity index (χ0v) is 17.8. The van der Waals surface area contributed by atoms with Crippen LogP contribution in [0.15, 0.2) is 53.3 Å². The molecule has 0 radical (unpaired) electrons. The summed E-state index contributed by atoms with van der Waals surface area (Å²) in [6, 6.07) is 16.4. The van der Waals surface area contributed by atoms with Crippen molar-refractivity contribution < 1.29 is 0 Å². The van der Waals surface area contributed by atoms with Crippen LogP contribution in [-0.4, -0.2) is 25.6 Å². The molecule has 3 heterocycles. The summed E-state index contributed by atoms with van der Waals surface area (Å²) in [5, 5.41) is 0.333. The molecule has 2 aromatic heterocycles. The lowest BCUT2D eigenvalue weighted by Crippen LogP contribution is -2.28. The average Bonchev–Trinajstić information content (AvgIpc) is 3.04. The summed E-state index contributed by atoms with van der Waals surface area (Å²) in [4.78, 5) is 27.5. The van der Waals surface area contributed by atoms with E-state index in [-0.39, 0.29) is 11.6 Å². The Bertz CT molecular complexity index is 1400. The number of fused-ring (bicyclic) bond motifs is 2. The van der Waals surface area contributed by atoms with E-state index in [4.69, 9.17) is 17.2 Å². The third-order valence-corrected chi connectivity index (χ3v) is 6.01. The van der Waals surface area contributed by atoms with E-state index in [0.29, 0.717) is 27.4 Å². The van der Waals surface area contributed by atoms with Gasteiger partial charge in [-0.2, -0.15) is 4.98 Å². The average molecular weight is 416 g/mol. The minimum absolute atomic E-state index is 0.188. The third kappa shape index (κ3) is 2.85. The molecule has 1 unspecified atom stereocenters. The maximum atomic E-state index is 13.1. The van der Waals surface area contributed by atoms with Crippen molar-refractivity contribution in [2.45, 2.75) is 33.2 Å². The second kappa shape index (κ2) is 6.88. The predicted octanol–water partition coefficient (Wildman–Crippen LogP) is 4.54. The number of hydrogen-bond acceptors (Lipinski definition) is 5. The first-order valence-electron chi connectivity index (χ1n) is 9.92. The highest BCUT2D eigenvalue weighted by molar-refractivity contribution is 7.71. The van der Waals surface area contributed by atoms with Crippen molar-refractivity contribution in [1.82, 2.24) is 19.5 Å².